The first kappa shape index (κ1) is 17.9. The molecule has 3 aromatic carbocycles. The molecule has 6 nitrogen and oxygen atoms in total. The summed E-state index contributed by atoms with van der Waals surface area (Å²) in [6.45, 7) is 1.82. The first-order valence-electron chi connectivity index (χ1n) is 8.56. The van der Waals surface area contributed by atoms with Gasteiger partial charge in [-0.2, -0.15) is 0 Å². The van der Waals surface area contributed by atoms with Crippen LogP contribution in [0.3, 0.4) is 0 Å². The Morgan fingerprint density at radius 1 is 0.750 bits per heavy atom. The number of hydrogen-bond acceptors (Lipinski definition) is 4. The molecule has 0 N–H and O–H groups in total. The van der Waals surface area contributed by atoms with Gasteiger partial charge in [-0.05, 0) is 43.3 Å². The highest BCUT2D eigenvalue weighted by Crippen LogP contribution is 2.16. The molecule has 0 saturated heterocycles. The van der Waals surface area contributed by atoms with E-state index in [1.165, 1.54) is 22.8 Å². The van der Waals surface area contributed by atoms with Gasteiger partial charge in [-0.15, -0.1) is 3.97 Å². The van der Waals surface area contributed by atoms with Crippen LogP contribution < -0.4 is 11.2 Å². The van der Waals surface area contributed by atoms with Crippen molar-refractivity contribution in [2.75, 3.05) is 0 Å². The SMILES string of the molecule is Cc1ccc(S(=O)(=O)n2c(=O)c3ccccc3n(-c3ccccc3)c2=O)cc1. The molecule has 28 heavy (non-hydrogen) atoms. The number of benzene rings is 3. The number of para-hydroxylation sites is 2. The van der Waals surface area contributed by atoms with Gasteiger partial charge in [0.05, 0.1) is 21.5 Å². The van der Waals surface area contributed by atoms with Gasteiger partial charge in [0.25, 0.3) is 15.6 Å². The zero-order chi connectivity index (χ0) is 19.9. The lowest BCUT2D eigenvalue weighted by Gasteiger charge is -2.14. The van der Waals surface area contributed by atoms with Gasteiger partial charge in [0.2, 0.25) is 0 Å². The van der Waals surface area contributed by atoms with Gasteiger partial charge in [0, 0.05) is 0 Å². The molecule has 0 fully saturated rings. The van der Waals surface area contributed by atoms with E-state index in [2.05, 4.69) is 0 Å². The Bertz CT molecular complexity index is 1400. The fourth-order valence-electron chi connectivity index (χ4n) is 3.09. The van der Waals surface area contributed by atoms with Crippen LogP contribution in [0, 0.1) is 6.92 Å². The molecule has 0 unspecified atom stereocenters. The maximum atomic E-state index is 13.2. The van der Waals surface area contributed by atoms with Crippen LogP contribution in [-0.4, -0.2) is 17.0 Å². The third-order valence-electron chi connectivity index (χ3n) is 4.50. The van der Waals surface area contributed by atoms with E-state index >= 15 is 0 Å². The van der Waals surface area contributed by atoms with Crippen molar-refractivity contribution in [2.45, 2.75) is 11.8 Å². The van der Waals surface area contributed by atoms with Gasteiger partial charge in [0.15, 0.2) is 0 Å². The van der Waals surface area contributed by atoms with Crippen molar-refractivity contribution in [1.82, 2.24) is 8.54 Å². The third-order valence-corrected chi connectivity index (χ3v) is 6.17. The van der Waals surface area contributed by atoms with Crippen molar-refractivity contribution in [3.05, 3.63) is 105 Å². The Morgan fingerprint density at radius 2 is 1.36 bits per heavy atom. The standard InChI is InChI=1S/C21H16N2O4S/c1-15-11-13-17(14-12-15)28(26,27)23-20(24)18-9-5-6-10-19(18)22(21(23)25)16-7-3-2-4-8-16/h2-14H,1H3. The summed E-state index contributed by atoms with van der Waals surface area (Å²) >= 11 is 0. The average Bonchev–Trinajstić information content (AvgIpc) is 2.69. The molecule has 0 bridgehead atoms. The highest BCUT2D eigenvalue weighted by atomic mass is 32.2. The fraction of sp³-hybridized carbons (Fsp3) is 0.0476. The summed E-state index contributed by atoms with van der Waals surface area (Å²) in [5.41, 5.74) is -0.119. The second kappa shape index (κ2) is 6.61. The quantitative estimate of drug-likeness (QED) is 0.537. The molecule has 0 aliphatic carbocycles. The minimum atomic E-state index is -4.37. The van der Waals surface area contributed by atoms with Crippen LogP contribution in [-0.2, 0) is 10.0 Å². The van der Waals surface area contributed by atoms with Gasteiger partial charge in [-0.3, -0.25) is 9.36 Å². The molecule has 4 aromatic rings. The molecule has 7 heteroatoms. The van der Waals surface area contributed by atoms with E-state index in [0.29, 0.717) is 15.2 Å². The van der Waals surface area contributed by atoms with Crippen molar-refractivity contribution in [3.63, 3.8) is 0 Å². The fourth-order valence-corrected chi connectivity index (χ4v) is 4.39. The Labute approximate surface area is 161 Å². The molecule has 140 valence electrons. The smallest absolute Gasteiger partial charge is 0.267 e. The summed E-state index contributed by atoms with van der Waals surface area (Å²) in [6.07, 6.45) is 0. The summed E-state index contributed by atoms with van der Waals surface area (Å²) < 4.78 is 27.9. The largest absolute Gasteiger partial charge is 0.350 e. The number of hydrogen-bond donors (Lipinski definition) is 0. The molecular formula is C21H16N2O4S. The Kier molecular flexibility index (Phi) is 4.24. The van der Waals surface area contributed by atoms with Gasteiger partial charge in [0.1, 0.15) is 0 Å². The summed E-state index contributed by atoms with van der Waals surface area (Å²) in [5.74, 6) is 0. The molecule has 0 amide bonds. The maximum Gasteiger partial charge on any atom is 0.350 e. The lowest BCUT2D eigenvalue weighted by atomic mass is 10.2. The van der Waals surface area contributed by atoms with Crippen molar-refractivity contribution in [3.8, 4) is 5.69 Å². The summed E-state index contributed by atoms with van der Waals surface area (Å²) in [7, 11) is -4.37. The summed E-state index contributed by atoms with van der Waals surface area (Å²) in [5, 5.41) is 0.140. The molecule has 0 aliphatic heterocycles. The number of nitrogens with zero attached hydrogens (tertiary/aromatic N) is 2. The lowest BCUT2D eigenvalue weighted by Crippen LogP contribution is -2.43. The first-order valence-corrected chi connectivity index (χ1v) is 10.00. The number of fused-ring (bicyclic) bond motifs is 1. The van der Waals surface area contributed by atoms with E-state index in [1.54, 1.807) is 60.7 Å². The molecule has 1 heterocycles. The molecule has 0 atom stereocenters. The molecule has 0 spiro atoms. The van der Waals surface area contributed by atoms with Crippen LogP contribution in [0.1, 0.15) is 5.56 Å². The van der Waals surface area contributed by atoms with Gasteiger partial charge < -0.3 is 0 Å². The zero-order valence-electron chi connectivity index (χ0n) is 14.9. The van der Waals surface area contributed by atoms with Crippen LogP contribution in [0.5, 0.6) is 0 Å². The van der Waals surface area contributed by atoms with E-state index in [9.17, 15) is 18.0 Å². The first-order chi connectivity index (χ1) is 13.4. The Balaban J connectivity index is 2.15. The molecule has 1 aromatic heterocycles. The third kappa shape index (κ3) is 2.76. The highest BCUT2D eigenvalue weighted by Gasteiger charge is 2.25. The van der Waals surface area contributed by atoms with Crippen LogP contribution in [0.25, 0.3) is 16.6 Å². The van der Waals surface area contributed by atoms with Crippen LogP contribution >= 0.6 is 0 Å². The van der Waals surface area contributed by atoms with E-state index in [-0.39, 0.29) is 10.3 Å². The van der Waals surface area contributed by atoms with E-state index in [4.69, 9.17) is 0 Å². The van der Waals surface area contributed by atoms with Crippen molar-refractivity contribution >= 4 is 20.9 Å². The lowest BCUT2D eigenvalue weighted by molar-refractivity contribution is 0.581. The van der Waals surface area contributed by atoms with Gasteiger partial charge >= 0.3 is 5.69 Å². The van der Waals surface area contributed by atoms with Crippen molar-refractivity contribution < 1.29 is 8.42 Å². The van der Waals surface area contributed by atoms with Crippen molar-refractivity contribution in [1.29, 1.82) is 0 Å². The van der Waals surface area contributed by atoms with Crippen LogP contribution in [0.4, 0.5) is 0 Å². The minimum Gasteiger partial charge on any atom is -0.267 e. The zero-order valence-corrected chi connectivity index (χ0v) is 15.8. The van der Waals surface area contributed by atoms with Crippen LogP contribution in [0.15, 0.2) is 93.3 Å². The molecular weight excluding hydrogens is 376 g/mol. The Hall–Kier alpha value is -3.45. The second-order valence-corrected chi connectivity index (χ2v) is 8.15. The monoisotopic (exact) mass is 392 g/mol. The van der Waals surface area contributed by atoms with Gasteiger partial charge in [-0.1, -0.05) is 48.0 Å². The number of aryl methyl sites for hydroxylation is 1. The average molecular weight is 392 g/mol. The molecule has 0 radical (unpaired) electrons. The second-order valence-electron chi connectivity index (χ2n) is 6.36. The summed E-state index contributed by atoms with van der Waals surface area (Å²) in [6, 6.07) is 21.1. The molecule has 4 rings (SSSR count). The van der Waals surface area contributed by atoms with E-state index < -0.39 is 21.3 Å². The van der Waals surface area contributed by atoms with E-state index in [0.717, 1.165) is 5.56 Å². The predicted octanol–water partition coefficient (Wildman–Crippen LogP) is 2.70. The topological polar surface area (TPSA) is 78.1 Å². The van der Waals surface area contributed by atoms with Crippen molar-refractivity contribution in [2.24, 2.45) is 0 Å². The molecule has 0 saturated carbocycles. The number of rotatable bonds is 3. The van der Waals surface area contributed by atoms with E-state index in [1.807, 2.05) is 6.92 Å². The van der Waals surface area contributed by atoms with Crippen LogP contribution in [0.2, 0.25) is 0 Å². The maximum absolute atomic E-state index is 13.2. The summed E-state index contributed by atoms with van der Waals surface area (Å²) in [4.78, 5) is 26.1. The normalized spacial score (nSPS) is 11.6. The minimum absolute atomic E-state index is 0.118. The van der Waals surface area contributed by atoms with Gasteiger partial charge in [-0.25, -0.2) is 13.2 Å². The molecule has 0 aliphatic rings. The predicted molar refractivity (Wildman–Crippen MR) is 108 cm³/mol. The Morgan fingerprint density at radius 3 is 2.04 bits per heavy atom. The highest BCUT2D eigenvalue weighted by molar-refractivity contribution is 7.90. The number of aromatic nitrogens is 2.